The number of thiophene rings is 1. The van der Waals surface area contributed by atoms with Gasteiger partial charge in [0.2, 0.25) is 0 Å². The topological polar surface area (TPSA) is 21.3 Å². The maximum absolute atomic E-state index is 5.82. The van der Waals surface area contributed by atoms with E-state index in [-0.39, 0.29) is 0 Å². The van der Waals surface area contributed by atoms with Gasteiger partial charge in [-0.1, -0.05) is 11.6 Å². The van der Waals surface area contributed by atoms with Gasteiger partial charge in [0.1, 0.15) is 0 Å². The van der Waals surface area contributed by atoms with Crippen LogP contribution in [0.3, 0.4) is 0 Å². The normalized spacial score (nSPS) is 10.8. The molecule has 0 unspecified atom stereocenters. The summed E-state index contributed by atoms with van der Waals surface area (Å²) in [5.41, 5.74) is 0. The minimum absolute atomic E-state index is 0.571. The van der Waals surface area contributed by atoms with Gasteiger partial charge in [0, 0.05) is 23.9 Å². The predicted octanol–water partition coefficient (Wildman–Crippen LogP) is 3.14. The summed E-state index contributed by atoms with van der Waals surface area (Å²) in [6, 6.07) is 3.97. The highest BCUT2D eigenvalue weighted by molar-refractivity contribution is 7.16. The van der Waals surface area contributed by atoms with Crippen LogP contribution in [0.25, 0.3) is 0 Å². The van der Waals surface area contributed by atoms with Gasteiger partial charge < -0.3 is 10.1 Å². The lowest BCUT2D eigenvalue weighted by molar-refractivity contribution is 0.146. The average molecular weight is 268 g/mol. The molecule has 15 heavy (non-hydrogen) atoms. The van der Waals surface area contributed by atoms with Crippen molar-refractivity contribution < 1.29 is 4.74 Å². The molecule has 0 saturated heterocycles. The molecule has 2 nitrogen and oxygen atoms in total. The van der Waals surface area contributed by atoms with E-state index < -0.39 is 0 Å². The second-order valence-corrected chi connectivity index (χ2v) is 5.22. The molecular weight excluding hydrogens is 253 g/mol. The number of nitrogens with one attached hydrogen (secondary N) is 1. The van der Waals surface area contributed by atoms with E-state index in [4.69, 9.17) is 27.9 Å². The maximum Gasteiger partial charge on any atom is 0.0931 e. The second kappa shape index (κ2) is 8.36. The molecule has 1 aromatic heterocycles. The SMILES string of the molecule is ClCCOCCCNCc1ccc(Cl)s1. The summed E-state index contributed by atoms with van der Waals surface area (Å²) < 4.78 is 6.09. The van der Waals surface area contributed by atoms with Gasteiger partial charge >= 0.3 is 0 Å². The standard InChI is InChI=1S/C10H15Cl2NOS/c11-4-7-14-6-1-5-13-8-9-2-3-10(12)15-9/h2-3,13H,1,4-8H2. The smallest absolute Gasteiger partial charge is 0.0931 e. The highest BCUT2D eigenvalue weighted by Gasteiger charge is 1.96. The van der Waals surface area contributed by atoms with Crippen LogP contribution in [0, 0.1) is 0 Å². The Kier molecular flexibility index (Phi) is 7.40. The first-order valence-electron chi connectivity index (χ1n) is 4.91. The van der Waals surface area contributed by atoms with E-state index in [9.17, 15) is 0 Å². The summed E-state index contributed by atoms with van der Waals surface area (Å²) in [5.74, 6) is 0.571. The van der Waals surface area contributed by atoms with Gasteiger partial charge in [-0.15, -0.1) is 22.9 Å². The van der Waals surface area contributed by atoms with Crippen molar-refractivity contribution in [2.75, 3.05) is 25.6 Å². The lowest BCUT2D eigenvalue weighted by Crippen LogP contribution is -2.15. The molecule has 0 amide bonds. The van der Waals surface area contributed by atoms with Crippen LogP contribution < -0.4 is 5.32 Å². The van der Waals surface area contributed by atoms with Crippen LogP contribution in [-0.4, -0.2) is 25.6 Å². The molecule has 0 aromatic carbocycles. The first-order valence-corrected chi connectivity index (χ1v) is 6.64. The fourth-order valence-corrected chi connectivity index (χ4v) is 2.28. The Morgan fingerprint density at radius 3 is 2.87 bits per heavy atom. The fourth-order valence-electron chi connectivity index (χ4n) is 1.11. The van der Waals surface area contributed by atoms with E-state index in [1.165, 1.54) is 4.88 Å². The summed E-state index contributed by atoms with van der Waals surface area (Å²) in [7, 11) is 0. The lowest BCUT2D eigenvalue weighted by atomic mass is 10.4. The lowest BCUT2D eigenvalue weighted by Gasteiger charge is -2.03. The van der Waals surface area contributed by atoms with Crippen molar-refractivity contribution >= 4 is 34.5 Å². The molecule has 1 heterocycles. The first kappa shape index (κ1) is 13.3. The summed E-state index contributed by atoms with van der Waals surface area (Å²) in [6.45, 7) is 3.25. The van der Waals surface area contributed by atoms with Gasteiger partial charge in [-0.05, 0) is 25.1 Å². The second-order valence-electron chi connectivity index (χ2n) is 3.04. The third-order valence-corrected chi connectivity index (χ3v) is 3.18. The van der Waals surface area contributed by atoms with Gasteiger partial charge in [0.15, 0.2) is 0 Å². The Labute approximate surface area is 105 Å². The van der Waals surface area contributed by atoms with E-state index in [2.05, 4.69) is 5.32 Å². The van der Waals surface area contributed by atoms with Gasteiger partial charge in [-0.2, -0.15) is 0 Å². The summed E-state index contributed by atoms with van der Waals surface area (Å²) in [6.07, 6.45) is 1.01. The predicted molar refractivity (Wildman–Crippen MR) is 67.2 cm³/mol. The van der Waals surface area contributed by atoms with Gasteiger partial charge in [-0.3, -0.25) is 0 Å². The molecule has 0 saturated carbocycles. The van der Waals surface area contributed by atoms with E-state index in [1.807, 2.05) is 12.1 Å². The number of alkyl halides is 1. The molecule has 0 aliphatic heterocycles. The molecule has 1 N–H and O–H groups in total. The Bertz CT molecular complexity index is 268. The zero-order chi connectivity index (χ0) is 10.9. The summed E-state index contributed by atoms with van der Waals surface area (Å²) >= 11 is 12.9. The van der Waals surface area contributed by atoms with Crippen LogP contribution in [0.4, 0.5) is 0 Å². The van der Waals surface area contributed by atoms with Crippen molar-refractivity contribution in [1.82, 2.24) is 5.32 Å². The molecule has 0 spiro atoms. The zero-order valence-electron chi connectivity index (χ0n) is 8.47. The quantitative estimate of drug-likeness (QED) is 0.577. The van der Waals surface area contributed by atoms with E-state index in [0.29, 0.717) is 12.5 Å². The van der Waals surface area contributed by atoms with Crippen molar-refractivity contribution in [3.05, 3.63) is 21.3 Å². The third kappa shape index (κ3) is 6.38. The molecule has 1 aromatic rings. The minimum atomic E-state index is 0.571. The highest BCUT2D eigenvalue weighted by Crippen LogP contribution is 2.20. The van der Waals surface area contributed by atoms with E-state index in [1.54, 1.807) is 11.3 Å². The van der Waals surface area contributed by atoms with Crippen LogP contribution in [0.1, 0.15) is 11.3 Å². The van der Waals surface area contributed by atoms with E-state index in [0.717, 1.165) is 30.5 Å². The molecule has 5 heteroatoms. The molecule has 86 valence electrons. The fraction of sp³-hybridized carbons (Fsp3) is 0.600. The highest BCUT2D eigenvalue weighted by atomic mass is 35.5. The monoisotopic (exact) mass is 267 g/mol. The molecule has 0 bridgehead atoms. The van der Waals surface area contributed by atoms with Crippen LogP contribution in [0.5, 0.6) is 0 Å². The molecule has 0 aliphatic rings. The van der Waals surface area contributed by atoms with Crippen LogP contribution in [0.2, 0.25) is 4.34 Å². The van der Waals surface area contributed by atoms with Crippen molar-refractivity contribution in [3.63, 3.8) is 0 Å². The number of halogens is 2. The van der Waals surface area contributed by atoms with Gasteiger partial charge in [-0.25, -0.2) is 0 Å². The van der Waals surface area contributed by atoms with Crippen molar-refractivity contribution in [1.29, 1.82) is 0 Å². The van der Waals surface area contributed by atoms with E-state index >= 15 is 0 Å². The molecule has 1 rings (SSSR count). The Balaban J connectivity index is 1.93. The Hall–Kier alpha value is 0.200. The first-order chi connectivity index (χ1) is 7.33. The zero-order valence-corrected chi connectivity index (χ0v) is 10.8. The number of hydrogen-bond acceptors (Lipinski definition) is 3. The molecule has 0 aliphatic carbocycles. The van der Waals surface area contributed by atoms with Crippen LogP contribution in [-0.2, 0) is 11.3 Å². The van der Waals surface area contributed by atoms with Crippen LogP contribution in [0.15, 0.2) is 12.1 Å². The van der Waals surface area contributed by atoms with Crippen molar-refractivity contribution in [2.45, 2.75) is 13.0 Å². The number of ether oxygens (including phenoxy) is 1. The maximum atomic E-state index is 5.82. The third-order valence-electron chi connectivity index (χ3n) is 1.79. The molecule has 0 atom stereocenters. The van der Waals surface area contributed by atoms with Gasteiger partial charge in [0.05, 0.1) is 10.9 Å². The molecule has 0 radical (unpaired) electrons. The minimum Gasteiger partial charge on any atom is -0.380 e. The summed E-state index contributed by atoms with van der Waals surface area (Å²) in [5, 5.41) is 3.33. The van der Waals surface area contributed by atoms with Crippen LogP contribution >= 0.6 is 34.5 Å². The Morgan fingerprint density at radius 1 is 1.33 bits per heavy atom. The number of rotatable bonds is 8. The summed E-state index contributed by atoms with van der Waals surface area (Å²) in [4.78, 5) is 1.27. The largest absolute Gasteiger partial charge is 0.380 e. The molecular formula is C10H15Cl2NOS. The van der Waals surface area contributed by atoms with Gasteiger partial charge in [0.25, 0.3) is 0 Å². The molecule has 0 fully saturated rings. The Morgan fingerprint density at radius 2 is 2.20 bits per heavy atom. The van der Waals surface area contributed by atoms with Crippen molar-refractivity contribution in [2.24, 2.45) is 0 Å². The number of hydrogen-bond donors (Lipinski definition) is 1. The van der Waals surface area contributed by atoms with Crippen molar-refractivity contribution in [3.8, 4) is 0 Å². The average Bonchev–Trinajstić information content (AvgIpc) is 2.63.